The van der Waals surface area contributed by atoms with Crippen LogP contribution in [0.5, 0.6) is 0 Å². The van der Waals surface area contributed by atoms with Gasteiger partial charge in [-0.25, -0.2) is 0 Å². The van der Waals surface area contributed by atoms with E-state index < -0.39 is 7.12 Å². The SMILES string of the molecule is NC(CCCCB(O)O)CCN1CCC(=O)CC1. The lowest BCUT2D eigenvalue weighted by atomic mass is 9.83. The first-order valence-electron chi connectivity index (χ1n) is 6.93. The Labute approximate surface area is 109 Å². The molecule has 1 fully saturated rings. The third-order valence-corrected chi connectivity index (χ3v) is 3.52. The van der Waals surface area contributed by atoms with Crippen molar-refractivity contribution < 1.29 is 14.8 Å². The van der Waals surface area contributed by atoms with Crippen LogP contribution in [-0.2, 0) is 4.79 Å². The van der Waals surface area contributed by atoms with E-state index in [0.29, 0.717) is 24.9 Å². The minimum Gasteiger partial charge on any atom is -0.427 e. The van der Waals surface area contributed by atoms with E-state index in [2.05, 4.69) is 4.90 Å². The molecule has 1 saturated heterocycles. The Kier molecular flexibility index (Phi) is 7.50. The van der Waals surface area contributed by atoms with Crippen molar-refractivity contribution in [1.29, 1.82) is 0 Å². The summed E-state index contributed by atoms with van der Waals surface area (Å²) < 4.78 is 0. The van der Waals surface area contributed by atoms with Gasteiger partial charge in [0.15, 0.2) is 0 Å². The number of rotatable bonds is 8. The standard InChI is InChI=1S/C12H25BN2O3/c14-11(3-1-2-7-13(17)18)4-8-15-9-5-12(16)6-10-15/h11,17-18H,1-10,14H2. The van der Waals surface area contributed by atoms with Crippen molar-refractivity contribution in [2.45, 2.75) is 50.9 Å². The fraction of sp³-hybridized carbons (Fsp3) is 0.917. The molecule has 0 radical (unpaired) electrons. The van der Waals surface area contributed by atoms with Crippen molar-refractivity contribution in [1.82, 2.24) is 4.90 Å². The Bertz CT molecular complexity index is 241. The molecule has 0 aromatic rings. The Morgan fingerprint density at radius 2 is 1.89 bits per heavy atom. The van der Waals surface area contributed by atoms with Crippen LogP contribution in [0.15, 0.2) is 0 Å². The molecule has 0 spiro atoms. The summed E-state index contributed by atoms with van der Waals surface area (Å²) in [6.07, 6.45) is 5.43. The number of nitrogens with two attached hydrogens (primary N) is 1. The van der Waals surface area contributed by atoms with E-state index in [4.69, 9.17) is 15.8 Å². The third kappa shape index (κ3) is 7.11. The molecule has 18 heavy (non-hydrogen) atoms. The maximum Gasteiger partial charge on any atom is 0.451 e. The molecule has 1 aliphatic rings. The Balaban J connectivity index is 1.99. The molecule has 0 amide bonds. The first-order valence-corrected chi connectivity index (χ1v) is 6.93. The molecule has 0 aliphatic carbocycles. The summed E-state index contributed by atoms with van der Waals surface area (Å²) in [6, 6.07) is 0.179. The zero-order valence-corrected chi connectivity index (χ0v) is 11.1. The lowest BCUT2D eigenvalue weighted by molar-refractivity contribution is -0.121. The predicted molar refractivity (Wildman–Crippen MR) is 72.1 cm³/mol. The van der Waals surface area contributed by atoms with E-state index in [9.17, 15) is 4.79 Å². The molecular weight excluding hydrogens is 231 g/mol. The van der Waals surface area contributed by atoms with Gasteiger partial charge in [0.2, 0.25) is 0 Å². The van der Waals surface area contributed by atoms with Crippen LogP contribution in [0.2, 0.25) is 6.32 Å². The topological polar surface area (TPSA) is 86.8 Å². The first-order chi connectivity index (χ1) is 8.58. The second-order valence-electron chi connectivity index (χ2n) is 5.19. The van der Waals surface area contributed by atoms with Crippen LogP contribution in [0.1, 0.15) is 38.5 Å². The predicted octanol–water partition coefficient (Wildman–Crippen LogP) is 0.0118. The summed E-state index contributed by atoms with van der Waals surface area (Å²) in [5.41, 5.74) is 6.02. The summed E-state index contributed by atoms with van der Waals surface area (Å²) in [6.45, 7) is 2.72. The van der Waals surface area contributed by atoms with Gasteiger partial charge < -0.3 is 20.7 Å². The van der Waals surface area contributed by atoms with Crippen LogP contribution >= 0.6 is 0 Å². The minimum absolute atomic E-state index is 0.179. The molecule has 1 heterocycles. The second-order valence-corrected chi connectivity index (χ2v) is 5.19. The van der Waals surface area contributed by atoms with Crippen molar-refractivity contribution >= 4 is 12.9 Å². The molecule has 1 aliphatic heterocycles. The quantitative estimate of drug-likeness (QED) is 0.420. The summed E-state index contributed by atoms with van der Waals surface area (Å²) in [4.78, 5) is 13.4. The normalized spacial score (nSPS) is 18.9. The van der Waals surface area contributed by atoms with E-state index >= 15 is 0 Å². The third-order valence-electron chi connectivity index (χ3n) is 3.52. The van der Waals surface area contributed by atoms with Crippen LogP contribution in [0, 0.1) is 0 Å². The number of carbonyl (C=O) groups excluding carboxylic acids is 1. The fourth-order valence-corrected chi connectivity index (χ4v) is 2.25. The van der Waals surface area contributed by atoms with E-state index in [1.54, 1.807) is 0 Å². The van der Waals surface area contributed by atoms with Crippen LogP contribution in [0.3, 0.4) is 0 Å². The molecule has 0 bridgehead atoms. The van der Waals surface area contributed by atoms with Crippen LogP contribution in [0.25, 0.3) is 0 Å². The van der Waals surface area contributed by atoms with Crippen molar-refractivity contribution in [3.63, 3.8) is 0 Å². The van der Waals surface area contributed by atoms with Gasteiger partial charge in [-0.3, -0.25) is 4.79 Å². The molecule has 0 aromatic carbocycles. The van der Waals surface area contributed by atoms with Gasteiger partial charge in [0, 0.05) is 32.0 Å². The zero-order chi connectivity index (χ0) is 13.4. The van der Waals surface area contributed by atoms with Gasteiger partial charge in [0.1, 0.15) is 5.78 Å². The van der Waals surface area contributed by atoms with Crippen LogP contribution < -0.4 is 5.73 Å². The van der Waals surface area contributed by atoms with Gasteiger partial charge in [-0.1, -0.05) is 12.8 Å². The van der Waals surface area contributed by atoms with Gasteiger partial charge in [0.05, 0.1) is 0 Å². The Hall–Kier alpha value is -0.425. The van der Waals surface area contributed by atoms with Gasteiger partial charge in [-0.05, 0) is 25.7 Å². The Morgan fingerprint density at radius 3 is 2.50 bits per heavy atom. The summed E-state index contributed by atoms with van der Waals surface area (Å²) in [5, 5.41) is 17.4. The molecule has 5 nitrogen and oxygen atoms in total. The van der Waals surface area contributed by atoms with E-state index in [-0.39, 0.29) is 6.04 Å². The number of Topliss-reactive ketones (excluding diaryl/α,β-unsaturated/α-hetero) is 1. The van der Waals surface area contributed by atoms with Crippen LogP contribution in [0.4, 0.5) is 0 Å². The number of hydrogen-bond donors (Lipinski definition) is 3. The highest BCUT2D eigenvalue weighted by molar-refractivity contribution is 6.40. The molecule has 0 aromatic heterocycles. The second kappa shape index (κ2) is 8.64. The number of unbranched alkanes of at least 4 members (excludes halogenated alkanes) is 1. The average molecular weight is 256 g/mol. The summed E-state index contributed by atoms with van der Waals surface area (Å²) >= 11 is 0. The minimum atomic E-state index is -1.19. The van der Waals surface area contributed by atoms with Crippen molar-refractivity contribution in [3.8, 4) is 0 Å². The van der Waals surface area contributed by atoms with Gasteiger partial charge in [-0.15, -0.1) is 0 Å². The number of piperidine rings is 1. The number of nitrogens with zero attached hydrogens (tertiary/aromatic N) is 1. The zero-order valence-electron chi connectivity index (χ0n) is 11.1. The molecule has 104 valence electrons. The maximum atomic E-state index is 11.1. The molecule has 1 unspecified atom stereocenters. The largest absolute Gasteiger partial charge is 0.451 e. The van der Waals surface area contributed by atoms with Gasteiger partial charge in [0.25, 0.3) is 0 Å². The molecule has 1 atom stereocenters. The van der Waals surface area contributed by atoms with E-state index in [1.165, 1.54) is 0 Å². The van der Waals surface area contributed by atoms with Crippen molar-refractivity contribution in [2.24, 2.45) is 5.73 Å². The highest BCUT2D eigenvalue weighted by atomic mass is 16.4. The number of hydrogen-bond acceptors (Lipinski definition) is 5. The lowest BCUT2D eigenvalue weighted by Crippen LogP contribution is -2.37. The van der Waals surface area contributed by atoms with E-state index in [1.807, 2.05) is 0 Å². The smallest absolute Gasteiger partial charge is 0.427 e. The number of carbonyl (C=O) groups is 1. The fourth-order valence-electron chi connectivity index (χ4n) is 2.25. The highest BCUT2D eigenvalue weighted by Gasteiger charge is 2.16. The molecule has 4 N–H and O–H groups in total. The van der Waals surface area contributed by atoms with Crippen LogP contribution in [-0.4, -0.2) is 53.5 Å². The monoisotopic (exact) mass is 256 g/mol. The van der Waals surface area contributed by atoms with E-state index in [0.717, 1.165) is 45.3 Å². The summed E-state index contributed by atoms with van der Waals surface area (Å²) in [7, 11) is -1.19. The van der Waals surface area contributed by atoms with Gasteiger partial charge in [-0.2, -0.15) is 0 Å². The number of likely N-dealkylation sites (tertiary alicyclic amines) is 1. The molecular formula is C12H25BN2O3. The average Bonchev–Trinajstić information content (AvgIpc) is 2.34. The van der Waals surface area contributed by atoms with Gasteiger partial charge >= 0.3 is 7.12 Å². The molecule has 1 rings (SSSR count). The Morgan fingerprint density at radius 1 is 1.22 bits per heavy atom. The number of ketones is 1. The first kappa shape index (κ1) is 15.6. The lowest BCUT2D eigenvalue weighted by Gasteiger charge is -2.26. The van der Waals surface area contributed by atoms with Crippen molar-refractivity contribution in [2.75, 3.05) is 19.6 Å². The van der Waals surface area contributed by atoms with Crippen molar-refractivity contribution in [3.05, 3.63) is 0 Å². The maximum absolute atomic E-state index is 11.1. The highest BCUT2D eigenvalue weighted by Crippen LogP contribution is 2.10. The summed E-state index contributed by atoms with van der Waals surface area (Å²) in [5.74, 6) is 0.373. The molecule has 0 saturated carbocycles. The molecule has 6 heteroatoms.